The third-order valence-corrected chi connectivity index (χ3v) is 4.73. The first-order valence-electron chi connectivity index (χ1n) is 8.21. The first-order chi connectivity index (χ1) is 11.5. The van der Waals surface area contributed by atoms with Crippen molar-refractivity contribution in [3.63, 3.8) is 0 Å². The third-order valence-electron chi connectivity index (χ3n) is 3.52. The third kappa shape index (κ3) is 4.89. The van der Waals surface area contributed by atoms with E-state index in [0.29, 0.717) is 22.7 Å². The van der Waals surface area contributed by atoms with Crippen molar-refractivity contribution in [3.8, 4) is 0 Å². The highest BCUT2D eigenvalue weighted by molar-refractivity contribution is 7.13. The fraction of sp³-hybridized carbons (Fsp3) is 0.389. The van der Waals surface area contributed by atoms with Gasteiger partial charge in [-0.05, 0) is 38.0 Å². The molecule has 0 radical (unpaired) electrons. The van der Waals surface area contributed by atoms with Crippen LogP contribution < -0.4 is 10.6 Å². The van der Waals surface area contributed by atoms with Crippen molar-refractivity contribution < 1.29 is 9.59 Å². The number of nitrogens with one attached hydrogen (secondary N) is 2. The van der Waals surface area contributed by atoms with E-state index < -0.39 is 0 Å². The molecular formula is C18H23N3O2S. The molecule has 0 bridgehead atoms. The van der Waals surface area contributed by atoms with Crippen molar-refractivity contribution in [1.29, 1.82) is 0 Å². The minimum atomic E-state index is -0.160. The molecule has 0 unspecified atom stereocenters. The van der Waals surface area contributed by atoms with Gasteiger partial charge in [0.25, 0.3) is 5.91 Å². The van der Waals surface area contributed by atoms with Crippen LogP contribution in [0.1, 0.15) is 53.5 Å². The number of rotatable bonds is 7. The zero-order valence-electron chi connectivity index (χ0n) is 14.3. The molecule has 2 rings (SSSR count). The largest absolute Gasteiger partial charge is 0.326 e. The molecule has 0 saturated carbocycles. The van der Waals surface area contributed by atoms with Gasteiger partial charge in [-0.15, -0.1) is 11.3 Å². The quantitative estimate of drug-likeness (QED) is 0.781. The van der Waals surface area contributed by atoms with Crippen molar-refractivity contribution >= 4 is 34.5 Å². The Morgan fingerprint density at radius 3 is 2.54 bits per heavy atom. The van der Waals surface area contributed by atoms with Gasteiger partial charge in [-0.25, -0.2) is 4.98 Å². The minimum Gasteiger partial charge on any atom is -0.326 e. The van der Waals surface area contributed by atoms with Crippen LogP contribution >= 0.6 is 11.3 Å². The van der Waals surface area contributed by atoms with Gasteiger partial charge in [0.15, 0.2) is 0 Å². The number of hydrogen-bond acceptors (Lipinski definition) is 4. The molecule has 24 heavy (non-hydrogen) atoms. The van der Waals surface area contributed by atoms with Crippen molar-refractivity contribution in [2.75, 3.05) is 10.6 Å². The second kappa shape index (κ2) is 8.59. The standard InChI is InChI=1S/C18H23N3O2S/c1-4-6-10-16-19-12(3)17(24-16)18(23)21-14-9-7-8-13(11-14)20-15(22)5-2/h7-9,11H,4-6,10H2,1-3H3,(H,20,22)(H,21,23). The zero-order valence-corrected chi connectivity index (χ0v) is 15.1. The fourth-order valence-corrected chi connectivity index (χ4v) is 3.21. The SMILES string of the molecule is CCCCc1nc(C)c(C(=O)Nc2cccc(NC(=O)CC)c2)s1. The van der Waals surface area contributed by atoms with Crippen LogP contribution in [0.3, 0.4) is 0 Å². The summed E-state index contributed by atoms with van der Waals surface area (Å²) in [6.45, 7) is 5.79. The van der Waals surface area contributed by atoms with E-state index in [4.69, 9.17) is 0 Å². The topological polar surface area (TPSA) is 71.1 Å². The molecule has 0 fully saturated rings. The molecule has 2 N–H and O–H groups in total. The van der Waals surface area contributed by atoms with E-state index in [1.165, 1.54) is 11.3 Å². The highest BCUT2D eigenvalue weighted by Crippen LogP contribution is 2.22. The smallest absolute Gasteiger partial charge is 0.267 e. The number of hydrogen-bond donors (Lipinski definition) is 2. The number of unbranched alkanes of at least 4 members (excludes halogenated alkanes) is 1. The Hall–Kier alpha value is -2.21. The summed E-state index contributed by atoms with van der Waals surface area (Å²) in [5, 5.41) is 6.67. The fourth-order valence-electron chi connectivity index (χ4n) is 2.21. The monoisotopic (exact) mass is 345 g/mol. The molecule has 2 amide bonds. The van der Waals surface area contributed by atoms with Gasteiger partial charge in [0.05, 0.1) is 10.7 Å². The van der Waals surface area contributed by atoms with Crippen LogP contribution in [0.5, 0.6) is 0 Å². The van der Waals surface area contributed by atoms with E-state index in [1.54, 1.807) is 31.2 Å². The second-order valence-electron chi connectivity index (χ2n) is 5.56. The highest BCUT2D eigenvalue weighted by atomic mass is 32.1. The Labute approximate surface area is 146 Å². The summed E-state index contributed by atoms with van der Waals surface area (Å²) in [5.74, 6) is -0.218. The Kier molecular flexibility index (Phi) is 6.49. The predicted molar refractivity (Wildman–Crippen MR) is 98.8 cm³/mol. The van der Waals surface area contributed by atoms with Gasteiger partial charge in [0.2, 0.25) is 5.91 Å². The molecule has 2 aromatic rings. The summed E-state index contributed by atoms with van der Waals surface area (Å²) in [7, 11) is 0. The Morgan fingerprint density at radius 1 is 1.17 bits per heavy atom. The number of nitrogens with zero attached hydrogens (tertiary/aromatic N) is 1. The number of benzene rings is 1. The highest BCUT2D eigenvalue weighted by Gasteiger charge is 2.15. The summed E-state index contributed by atoms with van der Waals surface area (Å²) in [6.07, 6.45) is 3.51. The maximum atomic E-state index is 12.5. The van der Waals surface area contributed by atoms with Crippen LogP contribution in [-0.4, -0.2) is 16.8 Å². The summed E-state index contributed by atoms with van der Waals surface area (Å²) in [5.41, 5.74) is 2.08. The lowest BCUT2D eigenvalue weighted by Crippen LogP contribution is -2.13. The maximum absolute atomic E-state index is 12.5. The molecular weight excluding hydrogens is 322 g/mol. The molecule has 0 spiro atoms. The molecule has 1 aromatic carbocycles. The molecule has 1 heterocycles. The van der Waals surface area contributed by atoms with Crippen LogP contribution in [-0.2, 0) is 11.2 Å². The van der Waals surface area contributed by atoms with Gasteiger partial charge in [0, 0.05) is 17.8 Å². The lowest BCUT2D eigenvalue weighted by atomic mass is 10.2. The van der Waals surface area contributed by atoms with Crippen molar-refractivity contribution in [3.05, 3.63) is 39.8 Å². The van der Waals surface area contributed by atoms with Crippen LogP contribution in [0.4, 0.5) is 11.4 Å². The minimum absolute atomic E-state index is 0.0580. The van der Waals surface area contributed by atoms with Crippen molar-refractivity contribution in [1.82, 2.24) is 4.98 Å². The van der Waals surface area contributed by atoms with Gasteiger partial charge in [-0.2, -0.15) is 0 Å². The van der Waals surface area contributed by atoms with Crippen molar-refractivity contribution in [2.45, 2.75) is 46.5 Å². The van der Waals surface area contributed by atoms with E-state index >= 15 is 0 Å². The molecule has 0 aliphatic heterocycles. The summed E-state index contributed by atoms with van der Waals surface area (Å²) in [6, 6.07) is 7.14. The summed E-state index contributed by atoms with van der Waals surface area (Å²) < 4.78 is 0. The normalized spacial score (nSPS) is 10.5. The van der Waals surface area contributed by atoms with Gasteiger partial charge >= 0.3 is 0 Å². The summed E-state index contributed by atoms with van der Waals surface area (Å²) >= 11 is 1.45. The molecule has 0 aliphatic carbocycles. The Morgan fingerprint density at radius 2 is 1.88 bits per heavy atom. The van der Waals surface area contributed by atoms with Crippen molar-refractivity contribution in [2.24, 2.45) is 0 Å². The van der Waals surface area contributed by atoms with Gasteiger partial charge in [-0.3, -0.25) is 9.59 Å². The first-order valence-corrected chi connectivity index (χ1v) is 9.02. The molecule has 0 atom stereocenters. The lowest BCUT2D eigenvalue weighted by molar-refractivity contribution is -0.115. The number of anilines is 2. The van der Waals surface area contributed by atoms with E-state index in [9.17, 15) is 9.59 Å². The number of aryl methyl sites for hydroxylation is 2. The first kappa shape index (κ1) is 18.1. The van der Waals surface area contributed by atoms with Gasteiger partial charge < -0.3 is 10.6 Å². The average molecular weight is 345 g/mol. The van der Waals surface area contributed by atoms with E-state index in [1.807, 2.05) is 6.92 Å². The predicted octanol–water partition coefficient (Wildman–Crippen LogP) is 4.39. The van der Waals surface area contributed by atoms with Crippen LogP contribution in [0.25, 0.3) is 0 Å². The Balaban J connectivity index is 2.08. The molecule has 6 heteroatoms. The van der Waals surface area contributed by atoms with E-state index in [2.05, 4.69) is 22.5 Å². The second-order valence-corrected chi connectivity index (χ2v) is 6.65. The number of thiazole rings is 1. The van der Waals surface area contributed by atoms with Crippen LogP contribution in [0.2, 0.25) is 0 Å². The van der Waals surface area contributed by atoms with Crippen LogP contribution in [0, 0.1) is 6.92 Å². The molecule has 0 saturated heterocycles. The molecule has 0 aliphatic rings. The van der Waals surface area contributed by atoms with Crippen LogP contribution in [0.15, 0.2) is 24.3 Å². The molecule has 128 valence electrons. The molecule has 1 aromatic heterocycles. The van der Waals surface area contributed by atoms with E-state index in [0.717, 1.165) is 30.0 Å². The number of carbonyl (C=O) groups is 2. The average Bonchev–Trinajstić information content (AvgIpc) is 2.94. The Bertz CT molecular complexity index is 725. The summed E-state index contributed by atoms with van der Waals surface area (Å²) in [4.78, 5) is 29.1. The van der Waals surface area contributed by atoms with E-state index in [-0.39, 0.29) is 11.8 Å². The number of aromatic nitrogens is 1. The van der Waals surface area contributed by atoms with Gasteiger partial charge in [0.1, 0.15) is 4.88 Å². The van der Waals surface area contributed by atoms with Gasteiger partial charge in [-0.1, -0.05) is 26.3 Å². The lowest BCUT2D eigenvalue weighted by Gasteiger charge is -2.07. The number of amides is 2. The molecule has 5 nitrogen and oxygen atoms in total. The zero-order chi connectivity index (χ0) is 17.5. The maximum Gasteiger partial charge on any atom is 0.267 e. The number of carbonyl (C=O) groups excluding carboxylic acids is 2.